The number of Topliss-reactive ketones (excluding diaryl/α,β-unsaturated/α-hetero) is 1. The van der Waals surface area contributed by atoms with E-state index < -0.39 is 0 Å². The molecule has 2 aromatic rings. The van der Waals surface area contributed by atoms with Gasteiger partial charge in [-0.1, -0.05) is 32.9 Å². The summed E-state index contributed by atoms with van der Waals surface area (Å²) in [5.74, 6) is 2.81. The van der Waals surface area contributed by atoms with Crippen LogP contribution in [0.25, 0.3) is 12.2 Å². The van der Waals surface area contributed by atoms with Gasteiger partial charge >= 0.3 is 0 Å². The van der Waals surface area contributed by atoms with Crippen LogP contribution in [0.1, 0.15) is 44.7 Å². The molecule has 0 bridgehead atoms. The zero-order chi connectivity index (χ0) is 25.2. The predicted octanol–water partition coefficient (Wildman–Crippen LogP) is 5.65. The summed E-state index contributed by atoms with van der Waals surface area (Å²) in [4.78, 5) is 15.7. The molecule has 0 aliphatic carbocycles. The number of benzene rings is 2. The Morgan fingerprint density at radius 1 is 0.743 bits per heavy atom. The maximum absolute atomic E-state index is 13.4. The quantitative estimate of drug-likeness (QED) is 0.388. The Hall–Kier alpha value is -3.25. The van der Waals surface area contributed by atoms with Gasteiger partial charge in [-0.05, 0) is 66.9 Å². The number of ether oxygens (including phenoxy) is 4. The lowest BCUT2D eigenvalue weighted by Crippen LogP contribution is -2.37. The number of likely N-dealkylation sites (tertiary alicyclic amines) is 1. The van der Waals surface area contributed by atoms with Crippen LogP contribution in [0.4, 0.5) is 0 Å². The summed E-state index contributed by atoms with van der Waals surface area (Å²) in [6.45, 7) is 9.56. The number of carbonyl (C=O) groups excluding carboxylic acids is 1. The molecule has 0 atom stereocenters. The van der Waals surface area contributed by atoms with Gasteiger partial charge in [-0.2, -0.15) is 0 Å². The minimum Gasteiger partial charge on any atom is -0.493 e. The highest BCUT2D eigenvalue weighted by Gasteiger charge is 2.25. The van der Waals surface area contributed by atoms with E-state index >= 15 is 0 Å². The number of carbonyl (C=O) groups is 1. The molecular formula is C29H37NO5. The molecule has 2 aromatic carbocycles. The molecule has 0 radical (unpaired) electrons. The van der Waals surface area contributed by atoms with Gasteiger partial charge in [0.1, 0.15) is 0 Å². The van der Waals surface area contributed by atoms with Crippen molar-refractivity contribution in [3.05, 3.63) is 58.7 Å². The fourth-order valence-corrected chi connectivity index (χ4v) is 3.95. The summed E-state index contributed by atoms with van der Waals surface area (Å²) >= 11 is 0. The maximum Gasteiger partial charge on any atom is 0.187 e. The standard InChI is InChI=1S/C29H37NO5/c1-6-13-34-25-11-9-21(17-27(25)32-4)15-23-19-30(8-3)20-24(29(23)31)16-22-10-12-26(35-14-7-2)28(18-22)33-5/h9-12,15-18H,6-8,13-14,19-20H2,1-5H3/b23-15+,24-16+. The molecule has 1 aliphatic heterocycles. The van der Waals surface area contributed by atoms with Gasteiger partial charge in [0, 0.05) is 24.2 Å². The van der Waals surface area contributed by atoms with Crippen LogP contribution in [0.15, 0.2) is 47.5 Å². The first-order valence-corrected chi connectivity index (χ1v) is 12.3. The highest BCUT2D eigenvalue weighted by Crippen LogP contribution is 2.32. The van der Waals surface area contributed by atoms with Crippen molar-refractivity contribution in [3.63, 3.8) is 0 Å². The van der Waals surface area contributed by atoms with Gasteiger partial charge in [-0.15, -0.1) is 0 Å². The van der Waals surface area contributed by atoms with Crippen molar-refractivity contribution >= 4 is 17.9 Å². The van der Waals surface area contributed by atoms with Crippen molar-refractivity contribution in [2.75, 3.05) is 47.1 Å². The molecule has 0 aromatic heterocycles. The number of nitrogens with zero attached hydrogens (tertiary/aromatic N) is 1. The topological polar surface area (TPSA) is 57.2 Å². The monoisotopic (exact) mass is 479 g/mol. The first-order valence-electron chi connectivity index (χ1n) is 12.3. The molecule has 6 heteroatoms. The predicted molar refractivity (Wildman–Crippen MR) is 141 cm³/mol. The van der Waals surface area contributed by atoms with Crippen molar-refractivity contribution in [2.24, 2.45) is 0 Å². The normalized spacial score (nSPS) is 16.5. The van der Waals surface area contributed by atoms with E-state index in [9.17, 15) is 4.79 Å². The molecule has 35 heavy (non-hydrogen) atoms. The minimum absolute atomic E-state index is 0.0604. The number of rotatable bonds is 11. The second-order valence-corrected chi connectivity index (χ2v) is 8.49. The van der Waals surface area contributed by atoms with Gasteiger partial charge in [-0.3, -0.25) is 9.69 Å². The third-order valence-corrected chi connectivity index (χ3v) is 5.80. The van der Waals surface area contributed by atoms with Crippen molar-refractivity contribution < 1.29 is 23.7 Å². The molecule has 0 amide bonds. The molecule has 1 saturated heterocycles. The Morgan fingerprint density at radius 2 is 1.20 bits per heavy atom. The van der Waals surface area contributed by atoms with Crippen molar-refractivity contribution in [1.29, 1.82) is 0 Å². The number of hydrogen-bond donors (Lipinski definition) is 0. The summed E-state index contributed by atoms with van der Waals surface area (Å²) in [6.07, 6.45) is 5.75. The molecule has 188 valence electrons. The van der Waals surface area contributed by atoms with Gasteiger partial charge in [0.05, 0.1) is 27.4 Å². The summed E-state index contributed by atoms with van der Waals surface area (Å²) in [6, 6.07) is 11.6. The van der Waals surface area contributed by atoms with Gasteiger partial charge in [0.15, 0.2) is 28.8 Å². The fourth-order valence-electron chi connectivity index (χ4n) is 3.95. The molecule has 0 spiro atoms. The lowest BCUT2D eigenvalue weighted by atomic mass is 9.94. The second-order valence-electron chi connectivity index (χ2n) is 8.49. The van der Waals surface area contributed by atoms with Crippen molar-refractivity contribution in [1.82, 2.24) is 4.90 Å². The van der Waals surface area contributed by atoms with Crippen LogP contribution >= 0.6 is 0 Å². The van der Waals surface area contributed by atoms with Gasteiger partial charge in [0.25, 0.3) is 0 Å². The number of ketones is 1. The molecule has 3 rings (SSSR count). The van der Waals surface area contributed by atoms with E-state index in [1.54, 1.807) is 14.2 Å². The van der Waals surface area contributed by atoms with E-state index in [-0.39, 0.29) is 5.78 Å². The van der Waals surface area contributed by atoms with Crippen molar-refractivity contribution in [3.8, 4) is 23.0 Å². The Balaban J connectivity index is 1.90. The smallest absolute Gasteiger partial charge is 0.187 e. The minimum atomic E-state index is 0.0604. The van der Waals surface area contributed by atoms with E-state index in [0.29, 0.717) is 49.3 Å². The average Bonchev–Trinajstić information content (AvgIpc) is 2.88. The Morgan fingerprint density at radius 3 is 1.57 bits per heavy atom. The van der Waals surface area contributed by atoms with Gasteiger partial charge < -0.3 is 18.9 Å². The molecule has 1 aliphatic rings. The molecule has 0 unspecified atom stereocenters. The summed E-state index contributed by atoms with van der Waals surface area (Å²) in [5.41, 5.74) is 3.32. The SMILES string of the molecule is CCCOc1ccc(/C=C2\CN(CC)C/C(=C\c3ccc(OCCC)c(OC)c3)C2=O)cc1OC. The van der Waals surface area contributed by atoms with Crippen LogP contribution in [-0.4, -0.2) is 57.8 Å². The van der Waals surface area contributed by atoms with Crippen LogP contribution in [0, 0.1) is 0 Å². The van der Waals surface area contributed by atoms with Crippen LogP contribution in [0.2, 0.25) is 0 Å². The molecular weight excluding hydrogens is 442 g/mol. The van der Waals surface area contributed by atoms with E-state index in [1.807, 2.05) is 48.6 Å². The molecule has 0 saturated carbocycles. The van der Waals surface area contributed by atoms with Crippen molar-refractivity contribution in [2.45, 2.75) is 33.6 Å². The Kier molecular flexibility index (Phi) is 9.79. The number of methoxy groups -OCH3 is 2. The zero-order valence-corrected chi connectivity index (χ0v) is 21.6. The van der Waals surface area contributed by atoms with Crippen LogP contribution in [0.3, 0.4) is 0 Å². The van der Waals surface area contributed by atoms with Crippen LogP contribution in [-0.2, 0) is 4.79 Å². The molecule has 0 N–H and O–H groups in total. The van der Waals surface area contributed by atoms with E-state index in [1.165, 1.54) is 0 Å². The Labute approximate surface area is 209 Å². The number of piperidine rings is 1. The van der Waals surface area contributed by atoms with E-state index in [2.05, 4.69) is 25.7 Å². The maximum atomic E-state index is 13.4. The Bertz CT molecular complexity index is 991. The molecule has 1 fully saturated rings. The first-order chi connectivity index (χ1) is 17.0. The van der Waals surface area contributed by atoms with Crippen LogP contribution in [0.5, 0.6) is 23.0 Å². The summed E-state index contributed by atoms with van der Waals surface area (Å²) in [5, 5.41) is 0. The van der Waals surface area contributed by atoms with E-state index in [4.69, 9.17) is 18.9 Å². The highest BCUT2D eigenvalue weighted by atomic mass is 16.5. The first kappa shape index (κ1) is 26.4. The van der Waals surface area contributed by atoms with Gasteiger partial charge in [-0.25, -0.2) is 0 Å². The second kappa shape index (κ2) is 13.0. The lowest BCUT2D eigenvalue weighted by molar-refractivity contribution is -0.113. The molecule has 6 nitrogen and oxygen atoms in total. The highest BCUT2D eigenvalue weighted by molar-refractivity contribution is 6.14. The largest absolute Gasteiger partial charge is 0.493 e. The lowest BCUT2D eigenvalue weighted by Gasteiger charge is -2.28. The zero-order valence-electron chi connectivity index (χ0n) is 21.6. The number of hydrogen-bond acceptors (Lipinski definition) is 6. The summed E-state index contributed by atoms with van der Waals surface area (Å²) in [7, 11) is 3.26. The third-order valence-electron chi connectivity index (χ3n) is 5.80. The third kappa shape index (κ3) is 6.89. The average molecular weight is 480 g/mol. The summed E-state index contributed by atoms with van der Waals surface area (Å²) < 4.78 is 22.6. The fraction of sp³-hybridized carbons (Fsp3) is 0.414. The molecule has 1 heterocycles. The van der Waals surface area contributed by atoms with E-state index in [0.717, 1.165) is 41.7 Å². The van der Waals surface area contributed by atoms with Gasteiger partial charge in [0.2, 0.25) is 0 Å². The number of likely N-dealkylation sites (N-methyl/N-ethyl adjacent to an activating group) is 1. The van der Waals surface area contributed by atoms with Crippen LogP contribution < -0.4 is 18.9 Å².